The van der Waals surface area contributed by atoms with E-state index in [2.05, 4.69) is 27.4 Å². The van der Waals surface area contributed by atoms with Crippen LogP contribution in [0.1, 0.15) is 12.1 Å². The molecule has 1 fully saturated rings. The molecule has 180 valence electrons. The lowest BCUT2D eigenvalue weighted by Crippen LogP contribution is -2.45. The summed E-state index contributed by atoms with van der Waals surface area (Å²) in [5.41, 5.74) is 0.120. The number of hydrazine groups is 1. The number of carboxylic acid groups (broad SMARTS) is 2. The largest absolute Gasteiger partial charge is 0.481 e. The lowest BCUT2D eigenvalue weighted by Gasteiger charge is -2.21. The first-order valence-electron chi connectivity index (χ1n) is 9.67. The molecule has 14 nitrogen and oxygen atoms in total. The molecule has 1 unspecified atom stereocenters. The molecule has 34 heavy (non-hydrogen) atoms. The number of nitrogens with zero attached hydrogens (tertiary/aromatic N) is 4. The van der Waals surface area contributed by atoms with Crippen LogP contribution in [0.4, 0.5) is 5.13 Å². The van der Waals surface area contributed by atoms with Gasteiger partial charge >= 0.3 is 11.9 Å². The Bertz CT molecular complexity index is 1110. The van der Waals surface area contributed by atoms with Crippen LogP contribution in [0.3, 0.4) is 0 Å². The van der Waals surface area contributed by atoms with E-state index in [4.69, 9.17) is 4.84 Å². The smallest absolute Gasteiger partial charge is 0.314 e. The number of amides is 3. The van der Waals surface area contributed by atoms with Gasteiger partial charge in [0.05, 0.1) is 18.0 Å². The van der Waals surface area contributed by atoms with E-state index in [-0.39, 0.29) is 40.9 Å². The number of carbonyl (C=O) groups excluding carboxylic acids is 3. The van der Waals surface area contributed by atoms with E-state index in [0.29, 0.717) is 6.41 Å². The third-order valence-electron chi connectivity index (χ3n) is 4.99. The van der Waals surface area contributed by atoms with Crippen LogP contribution >= 0.6 is 11.3 Å². The molecule has 2 aliphatic heterocycles. The Morgan fingerprint density at radius 3 is 2.76 bits per heavy atom. The summed E-state index contributed by atoms with van der Waals surface area (Å²) in [6.07, 6.45) is 1.01. The van der Waals surface area contributed by atoms with E-state index in [1.807, 2.05) is 0 Å². The number of hydrogen-bond donors (Lipinski definition) is 4. The van der Waals surface area contributed by atoms with Gasteiger partial charge in [-0.15, -0.1) is 17.9 Å². The Labute approximate surface area is 196 Å². The summed E-state index contributed by atoms with van der Waals surface area (Å²) in [7, 11) is 1.22. The zero-order valence-corrected chi connectivity index (χ0v) is 18.6. The number of aromatic nitrogens is 1. The van der Waals surface area contributed by atoms with Gasteiger partial charge in [-0.3, -0.25) is 24.0 Å². The van der Waals surface area contributed by atoms with Crippen molar-refractivity contribution >= 4 is 52.3 Å². The fraction of sp³-hybridized carbons (Fsp3) is 0.316. The van der Waals surface area contributed by atoms with Gasteiger partial charge in [0, 0.05) is 18.5 Å². The fourth-order valence-electron chi connectivity index (χ4n) is 3.65. The maximum absolute atomic E-state index is 13.1. The van der Waals surface area contributed by atoms with Crippen LogP contribution in [0.25, 0.3) is 0 Å². The maximum atomic E-state index is 13.1. The molecule has 0 aliphatic carbocycles. The third-order valence-corrected chi connectivity index (χ3v) is 5.76. The molecule has 2 aliphatic rings. The monoisotopic (exact) mass is 492 g/mol. The number of rotatable bonds is 11. The zero-order chi connectivity index (χ0) is 25.0. The highest BCUT2D eigenvalue weighted by molar-refractivity contribution is 7.14. The molecule has 2 atom stereocenters. The van der Waals surface area contributed by atoms with E-state index >= 15 is 0 Å². The van der Waals surface area contributed by atoms with Gasteiger partial charge in [-0.25, -0.2) is 15.0 Å². The number of fused-ring (bicyclic) bond motifs is 1. The van der Waals surface area contributed by atoms with Crippen molar-refractivity contribution in [2.75, 3.05) is 25.5 Å². The van der Waals surface area contributed by atoms with Crippen molar-refractivity contribution in [3.8, 4) is 0 Å². The number of oxime groups is 1. The molecular weight excluding hydrogens is 472 g/mol. The second kappa shape index (κ2) is 10.2. The van der Waals surface area contributed by atoms with Crippen molar-refractivity contribution in [1.29, 1.82) is 0 Å². The summed E-state index contributed by atoms with van der Waals surface area (Å²) >= 11 is 1.04. The molecule has 3 amide bonds. The first-order valence-corrected chi connectivity index (χ1v) is 10.6. The van der Waals surface area contributed by atoms with Crippen LogP contribution in [0.5, 0.6) is 0 Å². The third kappa shape index (κ3) is 4.79. The lowest BCUT2D eigenvalue weighted by molar-refractivity contribution is -0.140. The standard InChI is InChI=1S/C19H20N6O8S/c1-3-9(18(31)32)10-5-24-6-11(17(30)25(24)13(10)4-14(27)28)21-16(29)15(23-33-2)12-7-34-19(22-12)20-8-26/h3,7-9,11H,1,4-6H2,2H3,(H,21,29)(H,27,28)(H,31,32)(H,20,22,26)/b23-15-/t9?,11-/m0/s1. The highest BCUT2D eigenvalue weighted by Gasteiger charge is 2.48. The summed E-state index contributed by atoms with van der Waals surface area (Å²) in [5, 5.41) is 31.5. The van der Waals surface area contributed by atoms with Gasteiger partial charge in [-0.1, -0.05) is 11.2 Å². The van der Waals surface area contributed by atoms with Crippen LogP contribution in [0.15, 0.2) is 34.5 Å². The molecule has 1 saturated heterocycles. The Hall–Kier alpha value is -4.11. The highest BCUT2D eigenvalue weighted by atomic mass is 32.1. The lowest BCUT2D eigenvalue weighted by atomic mass is 9.96. The Morgan fingerprint density at radius 1 is 1.44 bits per heavy atom. The van der Waals surface area contributed by atoms with Crippen LogP contribution in [-0.4, -0.2) is 87.3 Å². The molecule has 0 radical (unpaired) electrons. The number of carbonyl (C=O) groups is 5. The Kier molecular flexibility index (Phi) is 7.37. The minimum Gasteiger partial charge on any atom is -0.481 e. The van der Waals surface area contributed by atoms with Gasteiger partial charge in [0.2, 0.25) is 6.41 Å². The van der Waals surface area contributed by atoms with Crippen molar-refractivity contribution in [3.63, 3.8) is 0 Å². The van der Waals surface area contributed by atoms with Crippen molar-refractivity contribution < 1.29 is 39.0 Å². The molecule has 1 aromatic rings. The van der Waals surface area contributed by atoms with Crippen molar-refractivity contribution in [2.45, 2.75) is 12.5 Å². The van der Waals surface area contributed by atoms with E-state index in [9.17, 15) is 34.2 Å². The van der Waals surface area contributed by atoms with E-state index in [1.165, 1.54) is 23.6 Å². The minimum atomic E-state index is -1.25. The molecule has 4 N–H and O–H groups in total. The average molecular weight is 492 g/mol. The van der Waals surface area contributed by atoms with Crippen molar-refractivity contribution in [3.05, 3.63) is 35.0 Å². The van der Waals surface area contributed by atoms with Gasteiger partial charge < -0.3 is 25.7 Å². The molecule has 0 aromatic carbocycles. The van der Waals surface area contributed by atoms with Gasteiger partial charge in [-0.05, 0) is 5.57 Å². The van der Waals surface area contributed by atoms with Crippen LogP contribution in [-0.2, 0) is 28.8 Å². The normalized spacial score (nSPS) is 19.0. The van der Waals surface area contributed by atoms with Gasteiger partial charge in [-0.2, -0.15) is 0 Å². The summed E-state index contributed by atoms with van der Waals surface area (Å²) in [6.45, 7) is 3.44. The number of carboxylic acids is 2. The number of anilines is 1. The SMILES string of the molecule is C=CC(C(=O)O)C1=C(CC(=O)O)N2C(=O)[C@@H](NC(=O)/C(=N\OC)c3csc(NC=O)n3)CN2C1. The second-order valence-electron chi connectivity index (χ2n) is 7.04. The van der Waals surface area contributed by atoms with E-state index in [0.717, 1.165) is 16.3 Å². The van der Waals surface area contributed by atoms with E-state index in [1.54, 1.807) is 0 Å². The highest BCUT2D eigenvalue weighted by Crippen LogP contribution is 2.35. The molecule has 0 spiro atoms. The van der Waals surface area contributed by atoms with Gasteiger partial charge in [0.25, 0.3) is 11.8 Å². The Balaban J connectivity index is 1.83. The van der Waals surface area contributed by atoms with Crippen LogP contribution < -0.4 is 10.6 Å². The average Bonchev–Trinajstić information content (AvgIpc) is 3.44. The minimum absolute atomic E-state index is 0.0183. The number of nitrogens with one attached hydrogen (secondary N) is 2. The number of aliphatic carboxylic acids is 2. The second-order valence-corrected chi connectivity index (χ2v) is 7.90. The zero-order valence-electron chi connectivity index (χ0n) is 17.8. The molecule has 3 heterocycles. The predicted molar refractivity (Wildman–Crippen MR) is 116 cm³/mol. The van der Waals surface area contributed by atoms with Crippen LogP contribution in [0, 0.1) is 5.92 Å². The number of hydrogen-bond acceptors (Lipinski definition) is 10. The van der Waals surface area contributed by atoms with Crippen LogP contribution in [0.2, 0.25) is 0 Å². The van der Waals surface area contributed by atoms with E-state index < -0.39 is 42.1 Å². The quantitative estimate of drug-likeness (QED) is 0.132. The van der Waals surface area contributed by atoms with Gasteiger partial charge in [0.1, 0.15) is 18.8 Å². The maximum Gasteiger partial charge on any atom is 0.314 e. The fourth-order valence-corrected chi connectivity index (χ4v) is 4.31. The molecular formula is C19H20N6O8S. The summed E-state index contributed by atoms with van der Waals surface area (Å²) in [4.78, 5) is 68.3. The van der Waals surface area contributed by atoms with Crippen molar-refractivity contribution in [1.82, 2.24) is 20.3 Å². The van der Waals surface area contributed by atoms with Crippen molar-refractivity contribution in [2.24, 2.45) is 11.1 Å². The molecule has 15 heteroatoms. The molecule has 0 saturated carbocycles. The predicted octanol–water partition coefficient (Wildman–Crippen LogP) is -0.765. The summed E-state index contributed by atoms with van der Waals surface area (Å²) in [6, 6.07) is -1.07. The summed E-state index contributed by atoms with van der Waals surface area (Å²) in [5.74, 6) is -5.06. The van der Waals surface area contributed by atoms with Gasteiger partial charge in [0.15, 0.2) is 10.8 Å². The molecule has 1 aromatic heterocycles. The number of thiazole rings is 1. The molecule has 0 bridgehead atoms. The Morgan fingerprint density at radius 2 is 2.18 bits per heavy atom. The topological polar surface area (TPSA) is 191 Å². The first kappa shape index (κ1) is 24.5. The first-order chi connectivity index (χ1) is 16.2. The summed E-state index contributed by atoms with van der Waals surface area (Å²) < 4.78 is 0. The molecule has 3 rings (SSSR count).